The van der Waals surface area contributed by atoms with Gasteiger partial charge >= 0.3 is 0 Å². The Balaban J connectivity index is 2.16. The molecule has 0 spiro atoms. The quantitative estimate of drug-likeness (QED) is 0.801. The van der Waals surface area contributed by atoms with E-state index in [1.807, 2.05) is 6.07 Å². The highest BCUT2D eigenvalue weighted by atomic mass is 19.1. The summed E-state index contributed by atoms with van der Waals surface area (Å²) in [5.41, 5.74) is 1.95. The van der Waals surface area contributed by atoms with Crippen LogP contribution in [0.15, 0.2) is 42.5 Å². The lowest BCUT2D eigenvalue weighted by atomic mass is 10.1. The van der Waals surface area contributed by atoms with E-state index < -0.39 is 0 Å². The number of hydrogen-bond acceptors (Lipinski definition) is 2. The summed E-state index contributed by atoms with van der Waals surface area (Å²) in [4.78, 5) is 1.64. The minimum Gasteiger partial charge on any atom is -0.342 e. The van der Waals surface area contributed by atoms with Crippen LogP contribution in [0, 0.1) is 11.6 Å². The molecule has 0 saturated carbocycles. The van der Waals surface area contributed by atoms with Gasteiger partial charge in [-0.1, -0.05) is 19.1 Å². The molecule has 2 rings (SSSR count). The molecule has 0 aliphatic carbocycles. The van der Waals surface area contributed by atoms with E-state index in [1.54, 1.807) is 30.1 Å². The summed E-state index contributed by atoms with van der Waals surface area (Å²) in [6, 6.07) is 11.3. The van der Waals surface area contributed by atoms with Crippen LogP contribution >= 0.6 is 0 Å². The lowest BCUT2D eigenvalue weighted by Crippen LogP contribution is -2.15. The van der Waals surface area contributed by atoms with E-state index in [0.717, 1.165) is 18.5 Å². The van der Waals surface area contributed by atoms with Gasteiger partial charge < -0.3 is 10.2 Å². The van der Waals surface area contributed by atoms with E-state index in [2.05, 4.69) is 12.2 Å². The summed E-state index contributed by atoms with van der Waals surface area (Å²) >= 11 is 0. The fourth-order valence-electron chi connectivity index (χ4n) is 2.17. The SMILES string of the molecule is CCCNCc1ccc(N(C)c2cccc(F)c2)c(F)c1. The van der Waals surface area contributed by atoms with Crippen LogP contribution in [-0.2, 0) is 6.54 Å². The highest BCUT2D eigenvalue weighted by molar-refractivity contribution is 5.63. The third kappa shape index (κ3) is 4.02. The molecule has 0 aliphatic heterocycles. The molecule has 0 saturated heterocycles. The largest absolute Gasteiger partial charge is 0.342 e. The van der Waals surface area contributed by atoms with Crippen LogP contribution in [0.4, 0.5) is 20.2 Å². The molecule has 2 nitrogen and oxygen atoms in total. The molecule has 0 aromatic heterocycles. The summed E-state index contributed by atoms with van der Waals surface area (Å²) in [7, 11) is 1.72. The van der Waals surface area contributed by atoms with Gasteiger partial charge in [-0.15, -0.1) is 0 Å². The first-order valence-electron chi connectivity index (χ1n) is 7.10. The van der Waals surface area contributed by atoms with Crippen molar-refractivity contribution in [2.24, 2.45) is 0 Å². The third-order valence-electron chi connectivity index (χ3n) is 3.32. The van der Waals surface area contributed by atoms with E-state index in [-0.39, 0.29) is 11.6 Å². The van der Waals surface area contributed by atoms with Crippen molar-refractivity contribution in [1.29, 1.82) is 0 Å². The van der Waals surface area contributed by atoms with Crippen LogP contribution in [-0.4, -0.2) is 13.6 Å². The van der Waals surface area contributed by atoms with Gasteiger partial charge in [0, 0.05) is 19.3 Å². The Labute approximate surface area is 124 Å². The van der Waals surface area contributed by atoms with Crippen molar-refractivity contribution in [3.8, 4) is 0 Å². The number of nitrogens with zero attached hydrogens (tertiary/aromatic N) is 1. The fourth-order valence-corrected chi connectivity index (χ4v) is 2.17. The zero-order valence-corrected chi connectivity index (χ0v) is 12.4. The average Bonchev–Trinajstić information content (AvgIpc) is 2.47. The van der Waals surface area contributed by atoms with Gasteiger partial charge in [0.05, 0.1) is 5.69 Å². The second-order valence-electron chi connectivity index (χ2n) is 5.00. The maximum atomic E-state index is 14.2. The first-order valence-corrected chi connectivity index (χ1v) is 7.10. The number of anilines is 2. The molecule has 0 heterocycles. The second-order valence-corrected chi connectivity index (χ2v) is 5.00. The lowest BCUT2D eigenvalue weighted by molar-refractivity contribution is 0.617. The van der Waals surface area contributed by atoms with Crippen LogP contribution < -0.4 is 10.2 Å². The molecule has 0 radical (unpaired) electrons. The molecule has 2 aromatic rings. The Morgan fingerprint density at radius 1 is 1.10 bits per heavy atom. The Morgan fingerprint density at radius 2 is 1.90 bits per heavy atom. The fraction of sp³-hybridized carbons (Fsp3) is 0.294. The Bertz CT molecular complexity index is 599. The number of benzene rings is 2. The topological polar surface area (TPSA) is 15.3 Å². The van der Waals surface area contributed by atoms with Gasteiger partial charge in [-0.05, 0) is 48.9 Å². The van der Waals surface area contributed by atoms with Crippen LogP contribution in [0.1, 0.15) is 18.9 Å². The minimum absolute atomic E-state index is 0.308. The highest BCUT2D eigenvalue weighted by Gasteiger charge is 2.10. The predicted molar refractivity (Wildman–Crippen MR) is 82.9 cm³/mol. The first-order chi connectivity index (χ1) is 10.1. The van der Waals surface area contributed by atoms with Gasteiger partial charge in [-0.3, -0.25) is 0 Å². The molecule has 1 N–H and O–H groups in total. The molecular formula is C17H20F2N2. The Morgan fingerprint density at radius 3 is 2.57 bits per heavy atom. The monoisotopic (exact) mass is 290 g/mol. The predicted octanol–water partition coefficient (Wildman–Crippen LogP) is 4.23. The summed E-state index contributed by atoms with van der Waals surface area (Å²) in [6.07, 6.45) is 1.04. The van der Waals surface area contributed by atoms with E-state index in [1.165, 1.54) is 18.2 Å². The van der Waals surface area contributed by atoms with Crippen LogP contribution in [0.5, 0.6) is 0 Å². The average molecular weight is 290 g/mol. The van der Waals surface area contributed by atoms with Gasteiger partial charge in [0.15, 0.2) is 0 Å². The van der Waals surface area contributed by atoms with Gasteiger partial charge in [0.25, 0.3) is 0 Å². The number of halogens is 2. The molecule has 0 unspecified atom stereocenters. The zero-order chi connectivity index (χ0) is 15.2. The molecule has 0 atom stereocenters. The Kier molecular flexibility index (Phi) is 5.28. The van der Waals surface area contributed by atoms with Gasteiger partial charge in [0.2, 0.25) is 0 Å². The maximum absolute atomic E-state index is 14.2. The second kappa shape index (κ2) is 7.18. The van der Waals surface area contributed by atoms with Crippen molar-refractivity contribution in [2.75, 3.05) is 18.5 Å². The lowest BCUT2D eigenvalue weighted by Gasteiger charge is -2.20. The van der Waals surface area contributed by atoms with E-state index in [0.29, 0.717) is 17.9 Å². The summed E-state index contributed by atoms with van der Waals surface area (Å²) in [6.45, 7) is 3.64. The highest BCUT2D eigenvalue weighted by Crippen LogP contribution is 2.27. The molecule has 0 aliphatic rings. The molecule has 0 fully saturated rings. The van der Waals surface area contributed by atoms with Crippen LogP contribution in [0.25, 0.3) is 0 Å². The first kappa shape index (κ1) is 15.4. The zero-order valence-electron chi connectivity index (χ0n) is 12.4. The summed E-state index contributed by atoms with van der Waals surface area (Å²) in [5.74, 6) is -0.641. The Hall–Kier alpha value is -1.94. The van der Waals surface area contributed by atoms with Crippen molar-refractivity contribution in [3.05, 3.63) is 59.7 Å². The molecular weight excluding hydrogens is 270 g/mol. The van der Waals surface area contributed by atoms with E-state index in [4.69, 9.17) is 0 Å². The molecule has 21 heavy (non-hydrogen) atoms. The molecule has 0 amide bonds. The molecule has 0 bridgehead atoms. The summed E-state index contributed by atoms with van der Waals surface area (Å²) in [5, 5.41) is 3.24. The number of nitrogens with one attached hydrogen (secondary N) is 1. The third-order valence-corrected chi connectivity index (χ3v) is 3.32. The van der Waals surface area contributed by atoms with Crippen molar-refractivity contribution >= 4 is 11.4 Å². The van der Waals surface area contributed by atoms with Crippen LogP contribution in [0.3, 0.4) is 0 Å². The van der Waals surface area contributed by atoms with Gasteiger partial charge in [-0.25, -0.2) is 8.78 Å². The van der Waals surface area contributed by atoms with Crippen molar-refractivity contribution in [2.45, 2.75) is 19.9 Å². The van der Waals surface area contributed by atoms with E-state index >= 15 is 0 Å². The van der Waals surface area contributed by atoms with Crippen molar-refractivity contribution < 1.29 is 8.78 Å². The van der Waals surface area contributed by atoms with Crippen molar-refractivity contribution in [1.82, 2.24) is 5.32 Å². The standard InChI is InChI=1S/C17H20F2N2/c1-3-9-20-12-13-7-8-17(16(19)10-13)21(2)15-6-4-5-14(18)11-15/h4-8,10-11,20H,3,9,12H2,1-2H3. The molecule has 112 valence electrons. The van der Waals surface area contributed by atoms with Gasteiger partial charge in [0.1, 0.15) is 11.6 Å². The number of rotatable bonds is 6. The summed E-state index contributed by atoms with van der Waals surface area (Å²) < 4.78 is 27.5. The molecule has 2 aromatic carbocycles. The van der Waals surface area contributed by atoms with E-state index in [9.17, 15) is 8.78 Å². The smallest absolute Gasteiger partial charge is 0.147 e. The normalized spacial score (nSPS) is 10.7. The number of hydrogen-bond donors (Lipinski definition) is 1. The molecule has 4 heteroatoms. The van der Waals surface area contributed by atoms with Gasteiger partial charge in [-0.2, -0.15) is 0 Å². The van der Waals surface area contributed by atoms with Crippen LogP contribution in [0.2, 0.25) is 0 Å². The van der Waals surface area contributed by atoms with Crippen molar-refractivity contribution in [3.63, 3.8) is 0 Å². The minimum atomic E-state index is -0.333. The maximum Gasteiger partial charge on any atom is 0.147 e.